The van der Waals surface area contributed by atoms with Crippen LogP contribution in [0.4, 0.5) is 17.2 Å². The topological polar surface area (TPSA) is 205 Å². The predicted octanol–water partition coefficient (Wildman–Crippen LogP) is 8.60. The van der Waals surface area contributed by atoms with Crippen LogP contribution in [-0.4, -0.2) is 88.1 Å². The molecule has 2 atom stereocenters. The van der Waals surface area contributed by atoms with E-state index in [1.165, 1.54) is 43.0 Å². The largest absolute Gasteiger partial charge is 0.489 e. The van der Waals surface area contributed by atoms with Gasteiger partial charge in [0.2, 0.25) is 0 Å². The van der Waals surface area contributed by atoms with Crippen LogP contribution in [0.15, 0.2) is 78.1 Å². The maximum Gasteiger partial charge on any atom is 0.392 e. The number of aliphatic hydroxyl groups is 1. The number of anilines is 2. The Morgan fingerprint density at radius 2 is 1.80 bits per heavy atom. The van der Waals surface area contributed by atoms with Gasteiger partial charge in [-0.15, -0.1) is 0 Å². The van der Waals surface area contributed by atoms with E-state index in [2.05, 4.69) is 72.9 Å². The van der Waals surface area contributed by atoms with Crippen molar-refractivity contribution in [3.63, 3.8) is 0 Å². The van der Waals surface area contributed by atoms with Crippen molar-refractivity contribution >= 4 is 44.2 Å². The number of H-pyrrole nitrogens is 1. The van der Waals surface area contributed by atoms with E-state index in [0.717, 1.165) is 49.6 Å². The van der Waals surface area contributed by atoms with Crippen LogP contribution in [-0.2, 0) is 10.0 Å². The number of nitrogens with one attached hydrogen (secondary N) is 3. The third kappa shape index (κ3) is 8.56. The number of amides is 1. The zero-order chi connectivity index (χ0) is 46.0. The Hall–Kier alpha value is -5.78. The van der Waals surface area contributed by atoms with Crippen molar-refractivity contribution in [1.29, 1.82) is 0 Å². The van der Waals surface area contributed by atoms with Crippen LogP contribution in [0.1, 0.15) is 118 Å². The number of aromatic nitrogens is 3. The van der Waals surface area contributed by atoms with Crippen LogP contribution >= 0.6 is 0 Å². The number of hydrogen-bond acceptors (Lipinski definition) is 13. The van der Waals surface area contributed by atoms with Gasteiger partial charge in [0.1, 0.15) is 23.8 Å². The number of carbonyl (C=O) groups excluding carboxylic acids is 1. The first-order valence-electron chi connectivity index (χ1n) is 23.4. The average Bonchev–Trinajstić information content (AvgIpc) is 3.98. The lowest BCUT2D eigenvalue weighted by molar-refractivity contribution is -0.389. The lowest BCUT2D eigenvalue weighted by atomic mass is 9.59. The number of carbonyl (C=O) groups is 1. The van der Waals surface area contributed by atoms with Crippen molar-refractivity contribution in [2.45, 2.75) is 120 Å². The molecule has 3 aliphatic heterocycles. The molecule has 0 unspecified atom stereocenters. The molecule has 4 fully saturated rings. The molecule has 3 aromatic heterocycles. The Labute approximate surface area is 384 Å². The van der Waals surface area contributed by atoms with Crippen LogP contribution in [0, 0.1) is 21.4 Å². The summed E-state index contributed by atoms with van der Waals surface area (Å²) in [5.41, 5.74) is 3.88. The van der Waals surface area contributed by atoms with Gasteiger partial charge in [0, 0.05) is 54.6 Å². The Bertz CT molecular complexity index is 2770. The van der Waals surface area contributed by atoms with Crippen molar-refractivity contribution in [1.82, 2.24) is 24.6 Å². The number of likely N-dealkylation sites (tertiary alicyclic amines) is 1. The van der Waals surface area contributed by atoms with E-state index in [1.807, 2.05) is 6.07 Å². The van der Waals surface area contributed by atoms with Gasteiger partial charge in [-0.25, -0.2) is 9.71 Å². The molecular formula is C49H58N8O8S. The lowest BCUT2D eigenvalue weighted by Gasteiger charge is -2.56. The van der Waals surface area contributed by atoms with Crippen molar-refractivity contribution in [3.8, 4) is 17.2 Å². The van der Waals surface area contributed by atoms with Gasteiger partial charge in [-0.1, -0.05) is 38.1 Å². The summed E-state index contributed by atoms with van der Waals surface area (Å²) in [6, 6.07) is 19.5. The van der Waals surface area contributed by atoms with Gasteiger partial charge in [0.25, 0.3) is 10.9 Å². The number of nitrogens with zero attached hydrogens (tertiary/aromatic N) is 5. The molecule has 2 saturated heterocycles. The number of sulfonamides is 1. The number of pyridine rings is 2. The molecule has 66 heavy (non-hydrogen) atoms. The number of rotatable bonds is 11. The van der Waals surface area contributed by atoms with Gasteiger partial charge in [0.05, 0.1) is 23.4 Å². The van der Waals surface area contributed by atoms with E-state index in [-0.39, 0.29) is 46.7 Å². The number of fused-ring (bicyclic) bond motifs is 2. The standard InChI is InChI=1S/C49H58N8O8S/c1-30(2)36-7-4-5-8-37(36)40-9-6-20-56(40)34-26-49(27-34)17-21-55(22-18-49)33-10-11-38(41(24-33)65-35-23-32-14-19-50-45(32)51-28-35)47(58)54-66(62,63)43-25-42-44(46(53-43)57(60)61)52-39(29-64-42)31-12-15-48(3,59)16-13-31/h4-5,7-8,10-11,14,19,23-25,28,30-31,34,39-40,52,59H,6,9,12-13,15-18,20-22,26-27,29H2,1-3H3,(H,50,51)(H,54,58)/t31-,39-,40+,48-/m1/s1. The molecule has 5 aliphatic rings. The molecule has 4 N–H and O–H groups in total. The number of aromatic amines is 1. The summed E-state index contributed by atoms with van der Waals surface area (Å²) in [4.78, 5) is 42.1. The van der Waals surface area contributed by atoms with Crippen molar-refractivity contribution in [2.24, 2.45) is 11.3 Å². The summed E-state index contributed by atoms with van der Waals surface area (Å²) in [6.07, 6.45) is 12.7. The van der Waals surface area contributed by atoms with E-state index < -0.39 is 37.3 Å². The van der Waals surface area contributed by atoms with E-state index in [0.29, 0.717) is 55.1 Å². The molecule has 0 bridgehead atoms. The number of ether oxygens (including phenoxy) is 2. The summed E-state index contributed by atoms with van der Waals surface area (Å²) in [5, 5.41) is 26.0. The summed E-state index contributed by atoms with van der Waals surface area (Å²) in [6.45, 7) is 9.29. The molecule has 2 aromatic carbocycles. The molecule has 17 heteroatoms. The molecule has 6 heterocycles. The molecule has 5 aromatic rings. The van der Waals surface area contributed by atoms with Crippen molar-refractivity contribution in [3.05, 3.63) is 99.9 Å². The Morgan fingerprint density at radius 1 is 1.03 bits per heavy atom. The first-order valence-corrected chi connectivity index (χ1v) is 24.9. The Balaban J connectivity index is 0.855. The molecule has 2 saturated carbocycles. The second kappa shape index (κ2) is 17.1. The fraction of sp³-hybridized carbons (Fsp3) is 0.490. The highest BCUT2D eigenvalue weighted by molar-refractivity contribution is 7.90. The highest BCUT2D eigenvalue weighted by atomic mass is 32.2. The summed E-state index contributed by atoms with van der Waals surface area (Å²) in [7, 11) is -4.77. The zero-order valence-electron chi connectivity index (χ0n) is 37.7. The van der Waals surface area contributed by atoms with Gasteiger partial charge in [-0.3, -0.25) is 9.69 Å². The molecule has 2 aliphatic carbocycles. The van der Waals surface area contributed by atoms with E-state index in [1.54, 1.807) is 37.4 Å². The molecule has 1 amide bonds. The summed E-state index contributed by atoms with van der Waals surface area (Å²) < 4.78 is 42.2. The quantitative estimate of drug-likeness (QED) is 0.0725. The molecule has 1 spiro atoms. The molecule has 348 valence electrons. The molecule has 16 nitrogen and oxygen atoms in total. The fourth-order valence-corrected chi connectivity index (χ4v) is 12.3. The monoisotopic (exact) mass is 918 g/mol. The predicted molar refractivity (Wildman–Crippen MR) is 250 cm³/mol. The maximum atomic E-state index is 14.1. The molecule has 0 radical (unpaired) electrons. The van der Waals surface area contributed by atoms with Gasteiger partial charge in [-0.05, 0) is 140 Å². The Kier molecular flexibility index (Phi) is 11.4. The number of piperidine rings is 1. The first kappa shape index (κ1) is 44.1. The average molecular weight is 919 g/mol. The van der Waals surface area contributed by atoms with Crippen LogP contribution in [0.3, 0.4) is 0 Å². The Morgan fingerprint density at radius 3 is 2.56 bits per heavy atom. The van der Waals surface area contributed by atoms with Crippen molar-refractivity contribution < 1.29 is 32.7 Å². The summed E-state index contributed by atoms with van der Waals surface area (Å²) in [5.74, 6) is -0.759. The van der Waals surface area contributed by atoms with E-state index in [4.69, 9.17) is 9.47 Å². The van der Waals surface area contributed by atoms with Crippen molar-refractivity contribution in [2.75, 3.05) is 36.5 Å². The molecular weight excluding hydrogens is 861 g/mol. The third-order valence-electron chi connectivity index (χ3n) is 15.1. The maximum absolute atomic E-state index is 14.1. The van der Waals surface area contributed by atoms with E-state index >= 15 is 0 Å². The van der Waals surface area contributed by atoms with E-state index in [9.17, 15) is 28.4 Å². The fourth-order valence-electron chi connectivity index (χ4n) is 11.4. The minimum Gasteiger partial charge on any atom is -0.489 e. The van der Waals surface area contributed by atoms with Gasteiger partial charge in [0.15, 0.2) is 11.4 Å². The minimum atomic E-state index is -4.77. The molecule has 10 rings (SSSR count). The van der Waals surface area contributed by atoms with Crippen LogP contribution in [0.5, 0.6) is 17.2 Å². The second-order valence-electron chi connectivity index (χ2n) is 19.8. The van der Waals surface area contributed by atoms with Crippen LogP contribution < -0.4 is 24.4 Å². The second-order valence-corrected chi connectivity index (χ2v) is 21.5. The lowest BCUT2D eigenvalue weighted by Crippen LogP contribution is -2.54. The van der Waals surface area contributed by atoms with Gasteiger partial charge in [-0.2, -0.15) is 8.42 Å². The van der Waals surface area contributed by atoms with Crippen LogP contribution in [0.2, 0.25) is 0 Å². The normalized spacial score (nSPS) is 24.4. The highest BCUT2D eigenvalue weighted by Crippen LogP contribution is 2.54. The highest BCUT2D eigenvalue weighted by Gasteiger charge is 2.50. The summed E-state index contributed by atoms with van der Waals surface area (Å²) >= 11 is 0. The number of hydrogen-bond donors (Lipinski definition) is 4. The first-order chi connectivity index (χ1) is 31.6. The minimum absolute atomic E-state index is 0.0256. The zero-order valence-corrected chi connectivity index (χ0v) is 38.5. The number of nitro groups is 1. The third-order valence-corrected chi connectivity index (χ3v) is 16.3. The SMILES string of the molecule is CC(C)c1ccccc1[C@@H]1CCCN1C1CC2(CCN(c3ccc(C(=O)NS(=O)(=O)c4cc5c(c([N+](=O)[O-])n4)N[C@@H]([C@H]4CC[C@](C)(O)CC4)CO5)c(Oc4cnc5[nH]ccc5c4)c3)CC2)C1. The van der Waals surface area contributed by atoms with Crippen LogP contribution in [0.25, 0.3) is 11.0 Å². The van der Waals surface area contributed by atoms with Gasteiger partial charge < -0.3 is 39.9 Å². The smallest absolute Gasteiger partial charge is 0.392 e. The number of benzene rings is 2. The van der Waals surface area contributed by atoms with Gasteiger partial charge >= 0.3 is 15.8 Å².